The average Bonchev–Trinajstić information content (AvgIpc) is 2.77. The van der Waals surface area contributed by atoms with E-state index in [9.17, 15) is 19.5 Å². The first-order valence-corrected chi connectivity index (χ1v) is 12.9. The van der Waals surface area contributed by atoms with Crippen molar-refractivity contribution < 1.29 is 24.2 Å². The molecule has 2 unspecified atom stereocenters. The summed E-state index contributed by atoms with van der Waals surface area (Å²) in [6.45, 7) is 11.8. The molecule has 35 heavy (non-hydrogen) atoms. The highest BCUT2D eigenvalue weighted by Crippen LogP contribution is 2.30. The van der Waals surface area contributed by atoms with Crippen LogP contribution in [0.1, 0.15) is 98.1 Å². The molecular formula is C27H45N3O5. The van der Waals surface area contributed by atoms with E-state index in [2.05, 4.69) is 24.5 Å². The topological polar surface area (TPSA) is 108 Å². The Labute approximate surface area is 210 Å². The van der Waals surface area contributed by atoms with Crippen molar-refractivity contribution >= 4 is 17.9 Å². The predicted octanol–water partition coefficient (Wildman–Crippen LogP) is 5.06. The van der Waals surface area contributed by atoms with Gasteiger partial charge in [-0.05, 0) is 46.6 Å². The van der Waals surface area contributed by atoms with Gasteiger partial charge in [0.2, 0.25) is 11.8 Å². The van der Waals surface area contributed by atoms with Gasteiger partial charge in [0.15, 0.2) is 0 Å². The molecule has 0 aromatic heterocycles. The Balaban J connectivity index is 3.24. The lowest BCUT2D eigenvalue weighted by atomic mass is 10.0. The van der Waals surface area contributed by atoms with E-state index in [4.69, 9.17) is 4.74 Å². The van der Waals surface area contributed by atoms with Gasteiger partial charge in [0.25, 0.3) is 0 Å². The van der Waals surface area contributed by atoms with Crippen LogP contribution in [0.5, 0.6) is 5.75 Å². The first-order chi connectivity index (χ1) is 16.5. The van der Waals surface area contributed by atoms with Gasteiger partial charge in [-0.25, -0.2) is 4.79 Å². The van der Waals surface area contributed by atoms with Crippen molar-refractivity contribution in [3.8, 4) is 5.75 Å². The van der Waals surface area contributed by atoms with Gasteiger partial charge in [-0.2, -0.15) is 0 Å². The average molecular weight is 492 g/mol. The number of amides is 3. The molecule has 1 aromatic carbocycles. The van der Waals surface area contributed by atoms with Crippen molar-refractivity contribution in [3.05, 3.63) is 29.8 Å². The first kappa shape index (κ1) is 30.3. The zero-order valence-electron chi connectivity index (χ0n) is 22.4. The van der Waals surface area contributed by atoms with Crippen molar-refractivity contribution in [2.24, 2.45) is 0 Å². The second kappa shape index (κ2) is 15.3. The molecule has 0 radical (unpaired) electrons. The largest absolute Gasteiger partial charge is 0.508 e. The summed E-state index contributed by atoms with van der Waals surface area (Å²) in [5, 5.41) is 16.1. The summed E-state index contributed by atoms with van der Waals surface area (Å²) in [5.74, 6) is -0.819. The SMILES string of the molecule is CCCCCCN(C(=O)C(C)NC(=O)OC(C)(C)C)C(C(=O)NCCCCC)c1ccccc1O. The number of hydrogen-bond acceptors (Lipinski definition) is 5. The molecule has 8 heteroatoms. The maximum Gasteiger partial charge on any atom is 0.408 e. The van der Waals surface area contributed by atoms with Crippen LogP contribution in [0.3, 0.4) is 0 Å². The fourth-order valence-electron chi connectivity index (χ4n) is 3.72. The van der Waals surface area contributed by atoms with Gasteiger partial charge in [-0.1, -0.05) is 64.2 Å². The molecule has 2 atom stereocenters. The number of nitrogens with zero attached hydrogens (tertiary/aromatic N) is 1. The summed E-state index contributed by atoms with van der Waals surface area (Å²) in [7, 11) is 0. The summed E-state index contributed by atoms with van der Waals surface area (Å²) < 4.78 is 5.30. The molecule has 0 saturated carbocycles. The Bertz CT molecular complexity index is 806. The smallest absolute Gasteiger partial charge is 0.408 e. The number of alkyl carbamates (subject to hydrolysis) is 1. The van der Waals surface area contributed by atoms with Crippen molar-refractivity contribution in [1.82, 2.24) is 15.5 Å². The van der Waals surface area contributed by atoms with Crippen LogP contribution >= 0.6 is 0 Å². The lowest BCUT2D eigenvalue weighted by Crippen LogP contribution is -2.52. The highest BCUT2D eigenvalue weighted by atomic mass is 16.6. The normalized spacial score (nSPS) is 13.0. The molecule has 0 aliphatic carbocycles. The minimum absolute atomic E-state index is 0.0553. The van der Waals surface area contributed by atoms with E-state index in [0.29, 0.717) is 25.1 Å². The summed E-state index contributed by atoms with van der Waals surface area (Å²) in [4.78, 5) is 40.8. The van der Waals surface area contributed by atoms with E-state index < -0.39 is 29.7 Å². The highest BCUT2D eigenvalue weighted by Gasteiger charge is 2.35. The van der Waals surface area contributed by atoms with Crippen LogP contribution in [-0.4, -0.2) is 52.6 Å². The maximum absolute atomic E-state index is 13.6. The molecule has 3 N–H and O–H groups in total. The molecule has 0 bridgehead atoms. The summed E-state index contributed by atoms with van der Waals surface area (Å²) in [5.41, 5.74) is -0.350. The first-order valence-electron chi connectivity index (χ1n) is 12.9. The third-order valence-corrected chi connectivity index (χ3v) is 5.51. The number of rotatable bonds is 14. The fraction of sp³-hybridized carbons (Fsp3) is 0.667. The van der Waals surface area contributed by atoms with Gasteiger partial charge in [-0.15, -0.1) is 0 Å². The van der Waals surface area contributed by atoms with Crippen LogP contribution in [0.4, 0.5) is 4.79 Å². The number of carbonyl (C=O) groups is 3. The van der Waals surface area contributed by atoms with E-state index in [-0.39, 0.29) is 11.7 Å². The Morgan fingerprint density at radius 1 is 1.00 bits per heavy atom. The summed E-state index contributed by atoms with van der Waals surface area (Å²) in [6, 6.07) is 4.63. The molecule has 8 nitrogen and oxygen atoms in total. The molecule has 0 spiro atoms. The number of unbranched alkanes of at least 4 members (excludes halogenated alkanes) is 5. The van der Waals surface area contributed by atoms with E-state index in [1.807, 2.05) is 0 Å². The third kappa shape index (κ3) is 11.0. The number of benzene rings is 1. The molecule has 0 aliphatic rings. The lowest BCUT2D eigenvalue weighted by Gasteiger charge is -2.34. The van der Waals surface area contributed by atoms with Gasteiger partial charge in [0.1, 0.15) is 23.4 Å². The van der Waals surface area contributed by atoms with Gasteiger partial charge < -0.3 is 25.4 Å². The second-order valence-electron chi connectivity index (χ2n) is 9.92. The van der Waals surface area contributed by atoms with Crippen molar-refractivity contribution in [2.75, 3.05) is 13.1 Å². The van der Waals surface area contributed by atoms with Crippen LogP contribution in [0.15, 0.2) is 24.3 Å². The van der Waals surface area contributed by atoms with E-state index in [1.54, 1.807) is 45.9 Å². The molecule has 0 aliphatic heterocycles. The van der Waals surface area contributed by atoms with Crippen LogP contribution < -0.4 is 10.6 Å². The number of ether oxygens (including phenoxy) is 1. The molecular weight excluding hydrogens is 446 g/mol. The Morgan fingerprint density at radius 2 is 1.63 bits per heavy atom. The molecule has 3 amide bonds. The van der Waals surface area contributed by atoms with Crippen molar-refractivity contribution in [2.45, 2.75) is 104 Å². The molecule has 198 valence electrons. The Kier molecular flexibility index (Phi) is 13.2. The van der Waals surface area contributed by atoms with Crippen LogP contribution in [0, 0.1) is 0 Å². The number of aromatic hydroxyl groups is 1. The second-order valence-corrected chi connectivity index (χ2v) is 9.92. The molecule has 0 saturated heterocycles. The van der Waals surface area contributed by atoms with E-state index in [1.165, 1.54) is 11.0 Å². The molecule has 0 heterocycles. The van der Waals surface area contributed by atoms with Crippen LogP contribution in [-0.2, 0) is 14.3 Å². The van der Waals surface area contributed by atoms with Crippen LogP contribution in [0.2, 0.25) is 0 Å². The van der Waals surface area contributed by atoms with Gasteiger partial charge in [0, 0.05) is 18.7 Å². The number of nitrogens with one attached hydrogen (secondary N) is 2. The maximum atomic E-state index is 13.6. The minimum atomic E-state index is -1.02. The number of para-hydroxylation sites is 1. The number of carbonyl (C=O) groups excluding carboxylic acids is 3. The third-order valence-electron chi connectivity index (χ3n) is 5.51. The van der Waals surface area contributed by atoms with E-state index >= 15 is 0 Å². The quantitative estimate of drug-likeness (QED) is 0.315. The van der Waals surface area contributed by atoms with Crippen LogP contribution in [0.25, 0.3) is 0 Å². The summed E-state index contributed by atoms with van der Waals surface area (Å²) in [6.07, 6.45) is 5.78. The molecule has 1 aromatic rings. The molecule has 0 fully saturated rings. The Hall–Kier alpha value is -2.77. The predicted molar refractivity (Wildman–Crippen MR) is 138 cm³/mol. The zero-order chi connectivity index (χ0) is 26.4. The summed E-state index contributed by atoms with van der Waals surface area (Å²) >= 11 is 0. The number of phenolic OH excluding ortho intramolecular Hbond substituents is 1. The molecule has 1 rings (SSSR count). The van der Waals surface area contributed by atoms with Crippen molar-refractivity contribution in [1.29, 1.82) is 0 Å². The monoisotopic (exact) mass is 491 g/mol. The van der Waals surface area contributed by atoms with Gasteiger partial charge >= 0.3 is 6.09 Å². The minimum Gasteiger partial charge on any atom is -0.508 e. The zero-order valence-corrected chi connectivity index (χ0v) is 22.4. The van der Waals surface area contributed by atoms with E-state index in [0.717, 1.165) is 38.5 Å². The number of hydrogen-bond donors (Lipinski definition) is 3. The highest BCUT2D eigenvalue weighted by molar-refractivity contribution is 5.92. The Morgan fingerprint density at radius 3 is 2.23 bits per heavy atom. The van der Waals surface area contributed by atoms with Gasteiger partial charge in [-0.3, -0.25) is 9.59 Å². The fourth-order valence-corrected chi connectivity index (χ4v) is 3.72. The standard InChI is InChI=1S/C27H45N3O5/c1-7-9-11-15-19-30(25(33)20(3)29-26(34)35-27(4,5)6)23(21-16-12-13-17-22(21)31)24(32)28-18-14-10-8-2/h12-13,16-17,20,23,31H,7-11,14-15,18-19H2,1-6H3,(H,28,32)(H,29,34). The van der Waals surface area contributed by atoms with Crippen molar-refractivity contribution in [3.63, 3.8) is 0 Å². The number of phenols is 1. The van der Waals surface area contributed by atoms with Gasteiger partial charge in [0.05, 0.1) is 0 Å². The lowest BCUT2D eigenvalue weighted by molar-refractivity contribution is -0.142.